The molecule has 2 aromatic carbocycles. The fourth-order valence-corrected chi connectivity index (χ4v) is 2.08. The molecule has 152 valence electrons. The number of nitrogens with zero attached hydrogens (tertiary/aromatic N) is 2. The van der Waals surface area contributed by atoms with Crippen LogP contribution in [0.15, 0.2) is 59.6 Å². The predicted octanol–water partition coefficient (Wildman–Crippen LogP) is 3.84. The van der Waals surface area contributed by atoms with Crippen LogP contribution in [0.4, 0.5) is 18.9 Å². The Hall–Kier alpha value is -2.50. The van der Waals surface area contributed by atoms with Crippen LogP contribution < -0.4 is 15.8 Å². The Balaban J connectivity index is 0.00000392. The Morgan fingerprint density at radius 2 is 1.79 bits per heavy atom. The van der Waals surface area contributed by atoms with Gasteiger partial charge < -0.3 is 20.7 Å². The van der Waals surface area contributed by atoms with Crippen LogP contribution >= 0.6 is 24.0 Å². The van der Waals surface area contributed by atoms with Gasteiger partial charge in [-0.05, 0) is 24.3 Å². The van der Waals surface area contributed by atoms with E-state index in [0.29, 0.717) is 22.1 Å². The van der Waals surface area contributed by atoms with Gasteiger partial charge in [0, 0.05) is 18.8 Å². The quantitative estimate of drug-likeness (QED) is 0.353. The molecular weight excluding hydrogens is 488 g/mol. The summed E-state index contributed by atoms with van der Waals surface area (Å²) in [6, 6.07) is 16.0. The highest BCUT2D eigenvalue weighted by Gasteiger charge is 2.30. The minimum atomic E-state index is -4.46. The molecule has 0 bridgehead atoms. The fraction of sp³-hybridized carbons (Fsp3) is 0.222. The third-order valence-electron chi connectivity index (χ3n) is 3.31. The van der Waals surface area contributed by atoms with E-state index in [0.717, 1.165) is 7.05 Å². The number of nitrogens with two attached hydrogens (primary N) is 1. The number of halogens is 4. The fourth-order valence-electron chi connectivity index (χ4n) is 2.08. The molecule has 0 unspecified atom stereocenters. The first-order chi connectivity index (χ1) is 12.7. The Morgan fingerprint density at radius 1 is 1.14 bits per heavy atom. The number of ether oxygens (including phenoxy) is 1. The zero-order valence-corrected chi connectivity index (χ0v) is 17.3. The van der Waals surface area contributed by atoms with Crippen LogP contribution in [0.2, 0.25) is 0 Å². The molecule has 10 heteroatoms. The molecule has 0 aliphatic heterocycles. The van der Waals surface area contributed by atoms with Crippen LogP contribution in [-0.4, -0.2) is 43.1 Å². The average molecular weight is 508 g/mol. The maximum atomic E-state index is 12.3. The average Bonchev–Trinajstić information content (AvgIpc) is 2.59. The summed E-state index contributed by atoms with van der Waals surface area (Å²) in [5.74, 6) is 0.327. The monoisotopic (exact) mass is 508 g/mol. The third kappa shape index (κ3) is 8.46. The largest absolute Gasteiger partial charge is 0.457 e. The number of amides is 1. The molecule has 6 nitrogen and oxygen atoms in total. The number of nitrogens with one attached hydrogen (secondary N) is 1. The summed E-state index contributed by atoms with van der Waals surface area (Å²) in [5.41, 5.74) is 6.25. The number of alkyl halides is 3. The lowest BCUT2D eigenvalue weighted by molar-refractivity contribution is -0.157. The number of aliphatic imine (C=N–C) groups is 1. The Bertz CT molecular complexity index is 801. The molecule has 0 fully saturated rings. The Kier molecular flexibility index (Phi) is 9.03. The first kappa shape index (κ1) is 23.5. The lowest BCUT2D eigenvalue weighted by Crippen LogP contribution is -2.37. The van der Waals surface area contributed by atoms with Crippen LogP contribution in [0.3, 0.4) is 0 Å². The lowest BCUT2D eigenvalue weighted by atomic mass is 10.3. The zero-order chi connectivity index (χ0) is 19.9. The van der Waals surface area contributed by atoms with Crippen LogP contribution in [0.5, 0.6) is 11.5 Å². The summed E-state index contributed by atoms with van der Waals surface area (Å²) >= 11 is 0. The highest BCUT2D eigenvalue weighted by Crippen LogP contribution is 2.23. The van der Waals surface area contributed by atoms with Gasteiger partial charge in [0.1, 0.15) is 24.6 Å². The van der Waals surface area contributed by atoms with Gasteiger partial charge in [-0.1, -0.05) is 24.3 Å². The Labute approximate surface area is 177 Å². The second kappa shape index (κ2) is 10.7. The number of benzene rings is 2. The van der Waals surface area contributed by atoms with Crippen molar-refractivity contribution < 1.29 is 22.7 Å². The molecule has 2 aromatic rings. The standard InChI is InChI=1S/C18H19F3N4O2.HI/c1-25(12-18(19,20)21)16(26)11-23-17(22)24-13-6-5-9-15(10-13)27-14-7-3-2-4-8-14;/h2-10H,11-12H2,1H3,(H3,22,23,24);1H. The summed E-state index contributed by atoms with van der Waals surface area (Å²) in [4.78, 5) is 16.0. The van der Waals surface area contributed by atoms with Crippen molar-refractivity contribution in [1.29, 1.82) is 0 Å². The van der Waals surface area contributed by atoms with Gasteiger partial charge >= 0.3 is 6.18 Å². The molecule has 3 N–H and O–H groups in total. The number of guanidine groups is 1. The van der Waals surface area contributed by atoms with E-state index in [2.05, 4.69) is 10.3 Å². The number of hydrogen-bond acceptors (Lipinski definition) is 3. The van der Waals surface area contributed by atoms with Gasteiger partial charge in [-0.15, -0.1) is 24.0 Å². The molecule has 0 spiro atoms. The van der Waals surface area contributed by atoms with E-state index in [-0.39, 0.29) is 29.9 Å². The van der Waals surface area contributed by atoms with Gasteiger partial charge in [-0.25, -0.2) is 4.99 Å². The summed E-state index contributed by atoms with van der Waals surface area (Å²) < 4.78 is 42.5. The van der Waals surface area contributed by atoms with Gasteiger partial charge in [0.2, 0.25) is 5.91 Å². The van der Waals surface area contributed by atoms with E-state index in [1.165, 1.54) is 0 Å². The molecule has 0 saturated carbocycles. The second-order valence-electron chi connectivity index (χ2n) is 5.63. The number of para-hydroxylation sites is 1. The number of likely N-dealkylation sites (N-methyl/N-ethyl adjacent to an activating group) is 1. The molecule has 0 aromatic heterocycles. The topological polar surface area (TPSA) is 80.0 Å². The maximum Gasteiger partial charge on any atom is 0.406 e. The molecular formula is C18H20F3IN4O2. The summed E-state index contributed by atoms with van der Waals surface area (Å²) in [5, 5.41) is 2.77. The number of carbonyl (C=O) groups excluding carboxylic acids is 1. The van der Waals surface area contributed by atoms with Crippen LogP contribution in [0.25, 0.3) is 0 Å². The van der Waals surface area contributed by atoms with E-state index in [1.54, 1.807) is 36.4 Å². The Morgan fingerprint density at radius 3 is 2.43 bits per heavy atom. The number of anilines is 1. The normalized spacial score (nSPS) is 11.4. The van der Waals surface area contributed by atoms with Crippen molar-refractivity contribution in [1.82, 2.24) is 4.90 Å². The highest BCUT2D eigenvalue weighted by atomic mass is 127. The van der Waals surface area contributed by atoms with Crippen molar-refractivity contribution in [2.45, 2.75) is 6.18 Å². The van der Waals surface area contributed by atoms with Gasteiger partial charge in [0.15, 0.2) is 5.96 Å². The van der Waals surface area contributed by atoms with Crippen molar-refractivity contribution in [3.8, 4) is 11.5 Å². The third-order valence-corrected chi connectivity index (χ3v) is 3.31. The first-order valence-electron chi connectivity index (χ1n) is 7.93. The van der Waals surface area contributed by atoms with Crippen molar-refractivity contribution in [3.63, 3.8) is 0 Å². The highest BCUT2D eigenvalue weighted by molar-refractivity contribution is 14.0. The zero-order valence-electron chi connectivity index (χ0n) is 14.9. The molecule has 0 heterocycles. The first-order valence-corrected chi connectivity index (χ1v) is 7.93. The minimum absolute atomic E-state index is 0. The summed E-state index contributed by atoms with van der Waals surface area (Å²) in [6.45, 7) is -1.83. The van der Waals surface area contributed by atoms with Gasteiger partial charge in [0.05, 0.1) is 0 Å². The number of rotatable bonds is 6. The molecule has 0 atom stereocenters. The van der Waals surface area contributed by atoms with Gasteiger partial charge in [-0.2, -0.15) is 13.2 Å². The van der Waals surface area contributed by atoms with Gasteiger partial charge in [0.25, 0.3) is 0 Å². The molecule has 0 aliphatic rings. The van der Waals surface area contributed by atoms with E-state index in [1.807, 2.05) is 18.2 Å². The van der Waals surface area contributed by atoms with E-state index in [4.69, 9.17) is 10.5 Å². The predicted molar refractivity (Wildman–Crippen MR) is 112 cm³/mol. The van der Waals surface area contributed by atoms with Crippen molar-refractivity contribution in [2.24, 2.45) is 10.7 Å². The molecule has 28 heavy (non-hydrogen) atoms. The number of hydrogen-bond donors (Lipinski definition) is 2. The van der Waals surface area contributed by atoms with E-state index in [9.17, 15) is 18.0 Å². The SMILES string of the molecule is CN(CC(F)(F)F)C(=O)CN=C(N)Nc1cccc(Oc2ccccc2)c1.I. The summed E-state index contributed by atoms with van der Waals surface area (Å²) in [6.07, 6.45) is -4.46. The molecule has 0 saturated heterocycles. The lowest BCUT2D eigenvalue weighted by Gasteiger charge is -2.18. The van der Waals surface area contributed by atoms with E-state index < -0.39 is 25.2 Å². The maximum absolute atomic E-state index is 12.3. The van der Waals surface area contributed by atoms with Gasteiger partial charge in [-0.3, -0.25) is 4.79 Å². The van der Waals surface area contributed by atoms with Crippen molar-refractivity contribution >= 4 is 41.5 Å². The molecule has 2 rings (SSSR count). The van der Waals surface area contributed by atoms with Crippen molar-refractivity contribution in [3.05, 3.63) is 54.6 Å². The van der Waals surface area contributed by atoms with Crippen LogP contribution in [0, 0.1) is 0 Å². The minimum Gasteiger partial charge on any atom is -0.457 e. The van der Waals surface area contributed by atoms with Crippen LogP contribution in [-0.2, 0) is 4.79 Å². The number of carbonyl (C=O) groups is 1. The van der Waals surface area contributed by atoms with Crippen molar-refractivity contribution in [2.75, 3.05) is 25.5 Å². The second-order valence-corrected chi connectivity index (χ2v) is 5.63. The molecule has 1 amide bonds. The van der Waals surface area contributed by atoms with E-state index >= 15 is 0 Å². The molecule has 0 radical (unpaired) electrons. The molecule has 0 aliphatic carbocycles. The smallest absolute Gasteiger partial charge is 0.406 e. The summed E-state index contributed by atoms with van der Waals surface area (Å²) in [7, 11) is 1.05. The van der Waals surface area contributed by atoms with Crippen LogP contribution in [0.1, 0.15) is 0 Å².